The number of carbonyl (C=O) groups is 6. The molecule has 0 spiro atoms. The lowest BCUT2D eigenvalue weighted by Crippen LogP contribution is -2.56. The Morgan fingerprint density at radius 3 is 2.12 bits per heavy atom. The van der Waals surface area contributed by atoms with Crippen LogP contribution in [0, 0.1) is 17.8 Å². The second-order valence-corrected chi connectivity index (χ2v) is 13.6. The number of ether oxygens (including phenoxy) is 4. The van der Waals surface area contributed by atoms with E-state index < -0.39 is 60.6 Å². The highest BCUT2D eigenvalue weighted by atomic mass is 16.7. The zero-order valence-corrected chi connectivity index (χ0v) is 33.3. The van der Waals surface area contributed by atoms with Crippen LogP contribution in [0.1, 0.15) is 113 Å². The van der Waals surface area contributed by atoms with Gasteiger partial charge in [-0.1, -0.05) is 93.9 Å². The number of carbonyl (C=O) groups excluding carboxylic acids is 5. The highest BCUT2D eigenvalue weighted by Gasteiger charge is 2.50. The fraction of sp³-hybridized carbons (Fsp3) is 0.500. The second-order valence-electron chi connectivity index (χ2n) is 13.6. The molecule has 0 aromatic heterocycles. The third-order valence-electron chi connectivity index (χ3n) is 9.08. The van der Waals surface area contributed by atoms with E-state index in [2.05, 4.69) is 24.1 Å². The minimum absolute atomic E-state index is 0.0670. The van der Waals surface area contributed by atoms with Crippen molar-refractivity contribution in [2.75, 3.05) is 20.5 Å². The third kappa shape index (κ3) is 18.3. The Kier molecular flexibility index (Phi) is 22.7. The summed E-state index contributed by atoms with van der Waals surface area (Å²) in [6.07, 6.45) is 11.3. The van der Waals surface area contributed by atoms with E-state index >= 15 is 0 Å². The summed E-state index contributed by atoms with van der Waals surface area (Å²) >= 11 is 0. The zero-order chi connectivity index (χ0) is 41.9. The largest absolute Gasteiger partial charge is 0.481 e. The van der Waals surface area contributed by atoms with Crippen LogP contribution >= 0.6 is 0 Å². The van der Waals surface area contributed by atoms with Crippen LogP contribution in [0.4, 0.5) is 0 Å². The van der Waals surface area contributed by atoms with Crippen LogP contribution in [0.3, 0.4) is 0 Å². The molecule has 0 aliphatic carbocycles. The van der Waals surface area contributed by atoms with Gasteiger partial charge >= 0.3 is 23.9 Å². The zero-order valence-electron chi connectivity index (χ0n) is 33.3. The number of aliphatic carboxylic acids is 1. The molecule has 310 valence electrons. The fourth-order valence-electron chi connectivity index (χ4n) is 5.89. The van der Waals surface area contributed by atoms with Gasteiger partial charge in [0, 0.05) is 19.3 Å². The van der Waals surface area contributed by atoms with Crippen molar-refractivity contribution in [1.82, 2.24) is 5.32 Å². The highest BCUT2D eigenvalue weighted by molar-refractivity contribution is 5.95. The van der Waals surface area contributed by atoms with Gasteiger partial charge < -0.3 is 34.5 Å². The molecule has 0 radical (unpaired) electrons. The van der Waals surface area contributed by atoms with Crippen LogP contribution in [-0.4, -0.2) is 77.9 Å². The molecule has 2 aromatic rings. The highest BCUT2D eigenvalue weighted by Crippen LogP contribution is 2.27. The van der Waals surface area contributed by atoms with Gasteiger partial charge in [-0.15, -0.1) is 5.92 Å². The number of aliphatic hydroxyl groups is 1. The molecule has 0 unspecified atom stereocenters. The maximum absolute atomic E-state index is 14.0. The number of nitrogens with one attached hydrogen (secondary N) is 1. The van der Waals surface area contributed by atoms with Crippen molar-refractivity contribution in [3.05, 3.63) is 77.9 Å². The first-order valence-corrected chi connectivity index (χ1v) is 19.5. The Hall–Kier alpha value is -5.48. The summed E-state index contributed by atoms with van der Waals surface area (Å²) in [6, 6.07) is 13.2. The number of rotatable bonds is 28. The van der Waals surface area contributed by atoms with E-state index in [0.29, 0.717) is 37.0 Å². The smallest absolute Gasteiger partial charge is 0.342 e. The monoisotopic (exact) mass is 791 g/mol. The molecule has 3 N–H and O–H groups in total. The number of benzene rings is 2. The number of allylic oxidation sites excluding steroid dienone is 1. The summed E-state index contributed by atoms with van der Waals surface area (Å²) in [5.41, 5.74) is -2.25. The maximum Gasteiger partial charge on any atom is 0.342 e. The average Bonchev–Trinajstić information content (AvgIpc) is 3.20. The molecule has 0 heterocycles. The Balaban J connectivity index is 2.22. The second kappa shape index (κ2) is 27.2. The van der Waals surface area contributed by atoms with Gasteiger partial charge in [-0.2, -0.15) is 0 Å². The van der Waals surface area contributed by atoms with Gasteiger partial charge in [0.05, 0.1) is 25.0 Å². The van der Waals surface area contributed by atoms with Gasteiger partial charge in [0.15, 0.2) is 5.60 Å². The first-order chi connectivity index (χ1) is 27.4. The number of hydrogen-bond acceptors (Lipinski definition) is 11. The lowest BCUT2D eigenvalue weighted by atomic mass is 9.82. The summed E-state index contributed by atoms with van der Waals surface area (Å²) in [5, 5.41) is 24.0. The number of esters is 3. The molecule has 13 heteroatoms. The molecule has 1 amide bonds. The molecule has 2 aromatic carbocycles. The SMILES string of the molecule is CC#CCOc1ccc(C[C@H](NC(=O)[C@@H](C=CCCCCCCC(=O)CCCCCCC)[C@@](O)(CC(=O)O)C(=O)OCOC(=O)c2ccccc2)C(=O)OC)cc1. The summed E-state index contributed by atoms with van der Waals surface area (Å²) in [6.45, 7) is 3.04. The van der Waals surface area contributed by atoms with E-state index in [1.807, 2.05) is 0 Å². The van der Waals surface area contributed by atoms with Crippen molar-refractivity contribution in [2.24, 2.45) is 5.92 Å². The first-order valence-electron chi connectivity index (χ1n) is 19.5. The van der Waals surface area contributed by atoms with E-state index in [-0.39, 0.29) is 24.4 Å². The molecule has 0 fully saturated rings. The molecule has 0 saturated heterocycles. The lowest BCUT2D eigenvalue weighted by Gasteiger charge is -2.31. The van der Waals surface area contributed by atoms with Crippen LogP contribution in [0.5, 0.6) is 5.75 Å². The number of amides is 1. The Morgan fingerprint density at radius 1 is 0.860 bits per heavy atom. The molecule has 3 atom stereocenters. The van der Waals surface area contributed by atoms with Gasteiger partial charge in [-0.25, -0.2) is 14.4 Å². The number of Topliss-reactive ketones (excluding diaryl/α,β-unsaturated/α-hetero) is 1. The molecular weight excluding hydrogens is 734 g/mol. The predicted octanol–water partition coefficient (Wildman–Crippen LogP) is 6.30. The molecular formula is C44H57NO12. The van der Waals surface area contributed by atoms with Crippen molar-refractivity contribution in [1.29, 1.82) is 0 Å². The molecule has 0 saturated carbocycles. The van der Waals surface area contributed by atoms with Gasteiger partial charge in [-0.05, 0) is 62.4 Å². The minimum Gasteiger partial charge on any atom is -0.481 e. The molecule has 2 rings (SSSR count). The molecule has 13 nitrogen and oxygen atoms in total. The Bertz CT molecular complexity index is 1660. The minimum atomic E-state index is -3.00. The van der Waals surface area contributed by atoms with Crippen LogP contribution in [-0.2, 0) is 44.6 Å². The van der Waals surface area contributed by atoms with E-state index in [9.17, 15) is 39.0 Å². The average molecular weight is 792 g/mol. The van der Waals surface area contributed by atoms with Crippen LogP contribution in [0.25, 0.3) is 0 Å². The van der Waals surface area contributed by atoms with Crippen LogP contribution in [0.2, 0.25) is 0 Å². The number of unbranched alkanes of at least 4 members (excludes halogenated alkanes) is 8. The van der Waals surface area contributed by atoms with E-state index in [0.717, 1.165) is 52.1 Å². The van der Waals surface area contributed by atoms with Crippen molar-refractivity contribution < 1.29 is 57.9 Å². The molecule has 57 heavy (non-hydrogen) atoms. The predicted molar refractivity (Wildman–Crippen MR) is 212 cm³/mol. The summed E-state index contributed by atoms with van der Waals surface area (Å²) in [7, 11) is 1.13. The normalized spacial score (nSPS) is 12.9. The van der Waals surface area contributed by atoms with E-state index in [1.54, 1.807) is 49.4 Å². The lowest BCUT2D eigenvalue weighted by molar-refractivity contribution is -0.184. The fourth-order valence-corrected chi connectivity index (χ4v) is 5.89. The number of methoxy groups -OCH3 is 1. The van der Waals surface area contributed by atoms with Gasteiger partial charge in [0.1, 0.15) is 24.2 Å². The Morgan fingerprint density at radius 2 is 1.51 bits per heavy atom. The Labute approximate surface area is 335 Å². The maximum atomic E-state index is 14.0. The molecule has 0 bridgehead atoms. The summed E-state index contributed by atoms with van der Waals surface area (Å²) in [5.74, 6) is -1.48. The summed E-state index contributed by atoms with van der Waals surface area (Å²) in [4.78, 5) is 77.0. The van der Waals surface area contributed by atoms with Crippen molar-refractivity contribution in [3.63, 3.8) is 0 Å². The number of ketones is 1. The standard InChI is InChI=1S/C44H57NO12/c1-4-6-8-11-17-22-35(46)23-18-12-9-10-13-19-24-37(44(53,31-39(47)48)43(52)57-32-56-41(50)34-20-15-14-16-21-34)40(49)45-38(42(51)54-3)30-33-25-27-36(28-26-33)55-29-7-5-2/h14-16,19-21,24-28,37-38,53H,4,6,8-13,17-18,22-23,29-32H2,1-3H3,(H,45,49)(H,47,48)/t37-,38+,44+/m1/s1. The summed E-state index contributed by atoms with van der Waals surface area (Å²) < 4.78 is 20.5. The van der Waals surface area contributed by atoms with Crippen molar-refractivity contribution >= 4 is 35.6 Å². The first kappa shape index (κ1) is 47.7. The van der Waals surface area contributed by atoms with Crippen molar-refractivity contribution in [3.8, 4) is 17.6 Å². The van der Waals surface area contributed by atoms with E-state index in [1.165, 1.54) is 30.7 Å². The topological polar surface area (TPSA) is 192 Å². The van der Waals surface area contributed by atoms with Crippen LogP contribution < -0.4 is 10.1 Å². The number of carboxylic acids is 1. The third-order valence-corrected chi connectivity index (χ3v) is 9.08. The number of hydrogen-bond donors (Lipinski definition) is 3. The van der Waals surface area contributed by atoms with Crippen molar-refractivity contribution in [2.45, 2.75) is 115 Å². The molecule has 0 aliphatic heterocycles. The number of carboxylic acid groups (broad SMARTS) is 1. The van der Waals surface area contributed by atoms with Gasteiger partial charge in [-0.3, -0.25) is 14.4 Å². The van der Waals surface area contributed by atoms with E-state index in [4.69, 9.17) is 18.9 Å². The molecule has 0 aliphatic rings. The quantitative estimate of drug-likeness (QED) is 0.0287. The van der Waals surface area contributed by atoms with Gasteiger partial charge in [0.2, 0.25) is 12.7 Å². The van der Waals surface area contributed by atoms with Crippen LogP contribution in [0.15, 0.2) is 66.7 Å². The van der Waals surface area contributed by atoms with Gasteiger partial charge in [0.25, 0.3) is 0 Å².